The van der Waals surface area contributed by atoms with Gasteiger partial charge in [-0.05, 0) is 38.9 Å². The van der Waals surface area contributed by atoms with Gasteiger partial charge in [-0.25, -0.2) is 9.97 Å². The highest BCUT2D eigenvalue weighted by Crippen LogP contribution is 2.27. The predicted molar refractivity (Wildman–Crippen MR) is 82.2 cm³/mol. The molecule has 0 saturated heterocycles. The van der Waals surface area contributed by atoms with Gasteiger partial charge >= 0.3 is 0 Å². The minimum atomic E-state index is 0.482. The smallest absolute Gasteiger partial charge is 0.160 e. The van der Waals surface area contributed by atoms with E-state index < -0.39 is 0 Å². The molecule has 2 aromatic heterocycles. The minimum absolute atomic E-state index is 0.482. The Kier molecular flexibility index (Phi) is 3.94. The summed E-state index contributed by atoms with van der Waals surface area (Å²) in [6.45, 7) is 3.20. The van der Waals surface area contributed by atoms with E-state index >= 15 is 0 Å². The number of fused-ring (bicyclic) bond motifs is 1. The van der Waals surface area contributed by atoms with E-state index in [0.29, 0.717) is 11.9 Å². The number of alkyl halides is 1. The van der Waals surface area contributed by atoms with Crippen LogP contribution in [0.15, 0.2) is 18.3 Å². The molecule has 1 saturated carbocycles. The molecule has 20 heavy (non-hydrogen) atoms. The second-order valence-corrected chi connectivity index (χ2v) is 6.05. The molecule has 1 fully saturated rings. The van der Waals surface area contributed by atoms with Gasteiger partial charge in [0.25, 0.3) is 0 Å². The summed E-state index contributed by atoms with van der Waals surface area (Å²) in [5, 5.41) is 0. The number of hydrogen-bond acceptors (Lipinski definition) is 3. The maximum Gasteiger partial charge on any atom is 0.160 e. The van der Waals surface area contributed by atoms with Crippen LogP contribution >= 0.6 is 11.6 Å². The lowest BCUT2D eigenvalue weighted by molar-refractivity contribution is 0.225. The number of imidazole rings is 1. The highest BCUT2D eigenvalue weighted by Gasteiger charge is 2.29. The van der Waals surface area contributed by atoms with Gasteiger partial charge < -0.3 is 4.57 Å². The third-order valence-corrected chi connectivity index (χ3v) is 4.35. The van der Waals surface area contributed by atoms with Crippen LogP contribution in [-0.4, -0.2) is 44.4 Å². The maximum absolute atomic E-state index is 5.91. The van der Waals surface area contributed by atoms with Crippen LogP contribution in [0.4, 0.5) is 0 Å². The zero-order valence-electron chi connectivity index (χ0n) is 12.1. The molecule has 4 nitrogen and oxygen atoms in total. The van der Waals surface area contributed by atoms with Crippen molar-refractivity contribution in [2.45, 2.75) is 44.8 Å². The fraction of sp³-hybridized carbons (Fsp3) is 0.600. The van der Waals surface area contributed by atoms with E-state index in [1.807, 2.05) is 18.3 Å². The number of aryl methyl sites for hydroxylation is 1. The van der Waals surface area contributed by atoms with Crippen LogP contribution in [0.3, 0.4) is 0 Å². The van der Waals surface area contributed by atoms with Crippen molar-refractivity contribution in [1.82, 2.24) is 19.4 Å². The molecule has 2 aromatic rings. The first-order valence-electron chi connectivity index (χ1n) is 7.28. The van der Waals surface area contributed by atoms with E-state index in [1.54, 1.807) is 0 Å². The Morgan fingerprint density at radius 3 is 3.00 bits per heavy atom. The SMILES string of the molecule is CC(Cn1c(CCCl)nc2cccnc21)N(C)C1CC1. The number of hydrogen-bond donors (Lipinski definition) is 0. The third kappa shape index (κ3) is 2.67. The van der Waals surface area contributed by atoms with Gasteiger partial charge in [0.15, 0.2) is 5.65 Å². The van der Waals surface area contributed by atoms with E-state index in [4.69, 9.17) is 11.6 Å². The molecule has 0 radical (unpaired) electrons. The number of likely N-dealkylation sites (N-methyl/N-ethyl adjacent to an activating group) is 1. The third-order valence-electron chi connectivity index (χ3n) is 4.17. The Labute approximate surface area is 124 Å². The Balaban J connectivity index is 1.89. The van der Waals surface area contributed by atoms with Crippen molar-refractivity contribution < 1.29 is 0 Å². The minimum Gasteiger partial charge on any atom is -0.311 e. The second-order valence-electron chi connectivity index (χ2n) is 5.67. The molecule has 108 valence electrons. The molecule has 0 bridgehead atoms. The molecule has 3 rings (SSSR count). The largest absolute Gasteiger partial charge is 0.311 e. The molecular formula is C15H21ClN4. The maximum atomic E-state index is 5.91. The second kappa shape index (κ2) is 5.70. The van der Waals surface area contributed by atoms with Crippen LogP contribution in [0.1, 0.15) is 25.6 Å². The lowest BCUT2D eigenvalue weighted by Gasteiger charge is -2.25. The van der Waals surface area contributed by atoms with Gasteiger partial charge in [0.2, 0.25) is 0 Å². The normalized spacial score (nSPS) is 17.0. The molecule has 0 aromatic carbocycles. The summed E-state index contributed by atoms with van der Waals surface area (Å²) in [4.78, 5) is 11.6. The van der Waals surface area contributed by atoms with Crippen molar-refractivity contribution in [2.24, 2.45) is 0 Å². The topological polar surface area (TPSA) is 34.0 Å². The van der Waals surface area contributed by atoms with Crippen molar-refractivity contribution >= 4 is 22.8 Å². The summed E-state index contributed by atoms with van der Waals surface area (Å²) < 4.78 is 2.24. The van der Waals surface area contributed by atoms with Gasteiger partial charge in [-0.2, -0.15) is 0 Å². The van der Waals surface area contributed by atoms with Crippen molar-refractivity contribution in [3.8, 4) is 0 Å². The predicted octanol–water partition coefficient (Wildman–Crippen LogP) is 2.70. The van der Waals surface area contributed by atoms with Crippen molar-refractivity contribution in [2.75, 3.05) is 12.9 Å². The molecule has 0 N–H and O–H groups in total. The van der Waals surface area contributed by atoms with Gasteiger partial charge in [0.1, 0.15) is 11.3 Å². The van der Waals surface area contributed by atoms with Crippen LogP contribution in [0, 0.1) is 0 Å². The number of aromatic nitrogens is 3. The van der Waals surface area contributed by atoms with Gasteiger partial charge in [-0.1, -0.05) is 0 Å². The van der Waals surface area contributed by atoms with Crippen LogP contribution < -0.4 is 0 Å². The monoisotopic (exact) mass is 292 g/mol. The first-order valence-corrected chi connectivity index (χ1v) is 7.82. The molecule has 1 aliphatic rings. The van der Waals surface area contributed by atoms with Gasteiger partial charge in [-0.15, -0.1) is 11.6 Å². The summed E-state index contributed by atoms with van der Waals surface area (Å²) >= 11 is 5.91. The molecule has 1 aliphatic carbocycles. The fourth-order valence-electron chi connectivity index (χ4n) is 2.71. The van der Waals surface area contributed by atoms with Crippen LogP contribution in [0.2, 0.25) is 0 Å². The van der Waals surface area contributed by atoms with E-state index in [1.165, 1.54) is 12.8 Å². The first kappa shape index (κ1) is 13.8. The first-order chi connectivity index (χ1) is 9.70. The van der Waals surface area contributed by atoms with Gasteiger partial charge in [-0.3, -0.25) is 4.90 Å². The molecule has 0 aliphatic heterocycles. The lowest BCUT2D eigenvalue weighted by Crippen LogP contribution is -2.35. The molecule has 0 amide bonds. The number of halogens is 1. The molecule has 0 spiro atoms. The Hall–Kier alpha value is -1.13. The molecular weight excluding hydrogens is 272 g/mol. The summed E-state index contributed by atoms with van der Waals surface area (Å²) in [5.41, 5.74) is 1.94. The lowest BCUT2D eigenvalue weighted by atomic mass is 10.2. The average molecular weight is 293 g/mol. The summed E-state index contributed by atoms with van der Waals surface area (Å²) in [6.07, 6.45) is 5.29. The number of nitrogens with zero attached hydrogens (tertiary/aromatic N) is 4. The van der Waals surface area contributed by atoms with E-state index in [0.717, 1.165) is 36.0 Å². The van der Waals surface area contributed by atoms with Gasteiger partial charge in [0.05, 0.1) is 0 Å². The molecule has 5 heteroatoms. The highest BCUT2D eigenvalue weighted by molar-refractivity contribution is 6.17. The Morgan fingerprint density at radius 1 is 1.50 bits per heavy atom. The zero-order chi connectivity index (χ0) is 14.1. The standard InChI is InChI=1S/C15H21ClN4/c1-11(19(2)12-5-6-12)10-20-14(7-8-16)18-13-4-3-9-17-15(13)20/h3-4,9,11-12H,5-8,10H2,1-2H3. The van der Waals surface area contributed by atoms with Crippen LogP contribution in [0.25, 0.3) is 11.2 Å². The van der Waals surface area contributed by atoms with Gasteiger partial charge in [0, 0.05) is 37.1 Å². The molecule has 1 unspecified atom stereocenters. The Morgan fingerprint density at radius 2 is 2.30 bits per heavy atom. The van der Waals surface area contributed by atoms with Crippen molar-refractivity contribution in [3.63, 3.8) is 0 Å². The van der Waals surface area contributed by atoms with E-state index in [-0.39, 0.29) is 0 Å². The van der Waals surface area contributed by atoms with Crippen LogP contribution in [-0.2, 0) is 13.0 Å². The van der Waals surface area contributed by atoms with E-state index in [2.05, 4.69) is 33.4 Å². The average Bonchev–Trinajstić information content (AvgIpc) is 3.24. The summed E-state index contributed by atoms with van der Waals surface area (Å²) in [7, 11) is 2.22. The quantitative estimate of drug-likeness (QED) is 0.768. The zero-order valence-corrected chi connectivity index (χ0v) is 12.8. The fourth-order valence-corrected chi connectivity index (χ4v) is 2.88. The molecule has 1 atom stereocenters. The number of pyridine rings is 1. The number of rotatable bonds is 6. The van der Waals surface area contributed by atoms with E-state index in [9.17, 15) is 0 Å². The van der Waals surface area contributed by atoms with Crippen molar-refractivity contribution in [3.05, 3.63) is 24.2 Å². The van der Waals surface area contributed by atoms with Crippen LogP contribution in [0.5, 0.6) is 0 Å². The van der Waals surface area contributed by atoms with Crippen molar-refractivity contribution in [1.29, 1.82) is 0 Å². The highest BCUT2D eigenvalue weighted by atomic mass is 35.5. The summed E-state index contributed by atoms with van der Waals surface area (Å²) in [5.74, 6) is 1.64. The summed E-state index contributed by atoms with van der Waals surface area (Å²) in [6, 6.07) is 5.20. The Bertz CT molecular complexity index is 591. The molecule has 2 heterocycles.